The van der Waals surface area contributed by atoms with Gasteiger partial charge in [-0.05, 0) is 31.4 Å². The standard InChI is InChI=1S/C17H20F2N2O3/c18-13-4-3-11(9-14(13)19)21-8-5-12(16(21)23)15(22)20-10-17(24)6-1-2-7-17/h3-4,9,12,24H,1-2,5-8,10H2,(H,20,22). The van der Waals surface area contributed by atoms with Gasteiger partial charge in [0.2, 0.25) is 11.8 Å². The molecule has 0 aromatic heterocycles. The predicted molar refractivity (Wildman–Crippen MR) is 83.2 cm³/mol. The zero-order valence-corrected chi connectivity index (χ0v) is 13.2. The van der Waals surface area contributed by atoms with Crippen LogP contribution >= 0.6 is 0 Å². The molecule has 1 unspecified atom stereocenters. The van der Waals surface area contributed by atoms with E-state index < -0.39 is 35.0 Å². The summed E-state index contributed by atoms with van der Waals surface area (Å²) in [4.78, 5) is 25.9. The molecule has 2 fully saturated rings. The number of amides is 2. The average Bonchev–Trinajstić information content (AvgIpc) is 3.15. The number of benzene rings is 1. The third kappa shape index (κ3) is 3.26. The van der Waals surface area contributed by atoms with E-state index in [9.17, 15) is 23.5 Å². The van der Waals surface area contributed by atoms with Crippen LogP contribution in [-0.4, -0.2) is 35.6 Å². The van der Waals surface area contributed by atoms with Gasteiger partial charge in [0.15, 0.2) is 11.6 Å². The molecular formula is C17H20F2N2O3. The van der Waals surface area contributed by atoms with Crippen molar-refractivity contribution in [3.63, 3.8) is 0 Å². The minimum Gasteiger partial charge on any atom is -0.388 e. The molecule has 1 saturated heterocycles. The smallest absolute Gasteiger partial charge is 0.239 e. The lowest BCUT2D eigenvalue weighted by Gasteiger charge is -2.23. The molecule has 0 spiro atoms. The first-order valence-electron chi connectivity index (χ1n) is 8.16. The molecule has 5 nitrogen and oxygen atoms in total. The maximum atomic E-state index is 13.3. The third-order valence-electron chi connectivity index (χ3n) is 4.86. The van der Waals surface area contributed by atoms with Crippen LogP contribution in [0.25, 0.3) is 0 Å². The number of halogens is 2. The van der Waals surface area contributed by atoms with Gasteiger partial charge in [-0.3, -0.25) is 9.59 Å². The lowest BCUT2D eigenvalue weighted by molar-refractivity contribution is -0.132. The fourth-order valence-corrected chi connectivity index (χ4v) is 3.42. The second kappa shape index (κ2) is 6.47. The van der Waals surface area contributed by atoms with Crippen molar-refractivity contribution in [1.82, 2.24) is 5.32 Å². The van der Waals surface area contributed by atoms with Crippen LogP contribution in [0, 0.1) is 17.6 Å². The summed E-state index contributed by atoms with van der Waals surface area (Å²) < 4.78 is 26.3. The molecule has 1 aliphatic carbocycles. The van der Waals surface area contributed by atoms with Crippen molar-refractivity contribution in [2.75, 3.05) is 18.0 Å². The Hall–Kier alpha value is -2.02. The molecule has 1 saturated carbocycles. The summed E-state index contributed by atoms with van der Waals surface area (Å²) >= 11 is 0. The van der Waals surface area contributed by atoms with Gasteiger partial charge in [0.1, 0.15) is 5.92 Å². The van der Waals surface area contributed by atoms with Gasteiger partial charge >= 0.3 is 0 Å². The Bertz CT molecular complexity index is 659. The van der Waals surface area contributed by atoms with Crippen LogP contribution in [0.1, 0.15) is 32.1 Å². The molecule has 1 aromatic carbocycles. The van der Waals surface area contributed by atoms with Crippen molar-refractivity contribution in [2.24, 2.45) is 5.92 Å². The van der Waals surface area contributed by atoms with E-state index >= 15 is 0 Å². The summed E-state index contributed by atoms with van der Waals surface area (Å²) in [5.41, 5.74) is -0.638. The van der Waals surface area contributed by atoms with E-state index in [0.29, 0.717) is 19.3 Å². The van der Waals surface area contributed by atoms with Crippen molar-refractivity contribution in [1.29, 1.82) is 0 Å². The summed E-state index contributed by atoms with van der Waals surface area (Å²) in [6.07, 6.45) is 3.46. The lowest BCUT2D eigenvalue weighted by Crippen LogP contribution is -2.44. The van der Waals surface area contributed by atoms with Gasteiger partial charge in [0, 0.05) is 24.8 Å². The molecule has 24 heavy (non-hydrogen) atoms. The van der Waals surface area contributed by atoms with Gasteiger partial charge in [-0.1, -0.05) is 12.8 Å². The Morgan fingerprint density at radius 2 is 2.00 bits per heavy atom. The number of hydrogen-bond acceptors (Lipinski definition) is 3. The van der Waals surface area contributed by atoms with E-state index in [1.165, 1.54) is 11.0 Å². The van der Waals surface area contributed by atoms with Gasteiger partial charge in [-0.2, -0.15) is 0 Å². The fourth-order valence-electron chi connectivity index (χ4n) is 3.42. The topological polar surface area (TPSA) is 69.6 Å². The van der Waals surface area contributed by atoms with Crippen LogP contribution in [0.15, 0.2) is 18.2 Å². The molecule has 1 aliphatic heterocycles. The van der Waals surface area contributed by atoms with Gasteiger partial charge < -0.3 is 15.3 Å². The average molecular weight is 338 g/mol. The van der Waals surface area contributed by atoms with Crippen molar-refractivity contribution >= 4 is 17.5 Å². The normalized spacial score (nSPS) is 22.9. The van der Waals surface area contributed by atoms with Crippen LogP contribution in [-0.2, 0) is 9.59 Å². The second-order valence-corrected chi connectivity index (χ2v) is 6.58. The highest BCUT2D eigenvalue weighted by molar-refractivity contribution is 6.09. The molecule has 1 heterocycles. The van der Waals surface area contributed by atoms with Gasteiger partial charge in [0.25, 0.3) is 0 Å². The molecule has 2 amide bonds. The zero-order valence-electron chi connectivity index (χ0n) is 13.2. The first-order valence-corrected chi connectivity index (χ1v) is 8.16. The van der Waals surface area contributed by atoms with Crippen molar-refractivity contribution in [3.05, 3.63) is 29.8 Å². The minimum absolute atomic E-state index is 0.140. The number of hydrogen-bond donors (Lipinski definition) is 2. The summed E-state index contributed by atoms with van der Waals surface area (Å²) in [6, 6.07) is 3.23. The van der Waals surface area contributed by atoms with E-state index in [4.69, 9.17) is 0 Å². The molecule has 1 atom stereocenters. The Kier molecular flexibility index (Phi) is 4.54. The Labute approximate surface area is 138 Å². The summed E-state index contributed by atoms with van der Waals surface area (Å²) in [7, 11) is 0. The minimum atomic E-state index is -1.03. The Morgan fingerprint density at radius 1 is 1.29 bits per heavy atom. The maximum Gasteiger partial charge on any atom is 0.239 e. The number of aliphatic hydroxyl groups is 1. The first-order chi connectivity index (χ1) is 11.4. The maximum absolute atomic E-state index is 13.3. The van der Waals surface area contributed by atoms with E-state index in [-0.39, 0.29) is 18.8 Å². The molecule has 7 heteroatoms. The molecule has 3 rings (SSSR count). The van der Waals surface area contributed by atoms with Gasteiger partial charge in [-0.15, -0.1) is 0 Å². The number of carbonyl (C=O) groups is 2. The zero-order chi connectivity index (χ0) is 17.3. The number of rotatable bonds is 4. The molecule has 0 bridgehead atoms. The van der Waals surface area contributed by atoms with E-state index in [1.807, 2.05) is 0 Å². The van der Waals surface area contributed by atoms with E-state index in [2.05, 4.69) is 5.32 Å². The van der Waals surface area contributed by atoms with Crippen LogP contribution in [0.2, 0.25) is 0 Å². The monoisotopic (exact) mass is 338 g/mol. The molecule has 1 aromatic rings. The van der Waals surface area contributed by atoms with Gasteiger partial charge in [-0.25, -0.2) is 8.78 Å². The number of nitrogens with zero attached hydrogens (tertiary/aromatic N) is 1. The van der Waals surface area contributed by atoms with E-state index in [1.54, 1.807) is 0 Å². The number of carbonyl (C=O) groups excluding carboxylic acids is 2. The summed E-state index contributed by atoms with van der Waals surface area (Å²) in [6.45, 7) is 0.410. The number of nitrogens with one attached hydrogen (secondary N) is 1. The van der Waals surface area contributed by atoms with Crippen molar-refractivity contribution in [2.45, 2.75) is 37.7 Å². The summed E-state index contributed by atoms with van der Waals surface area (Å²) in [5.74, 6) is -3.73. The van der Waals surface area contributed by atoms with Crippen LogP contribution in [0.4, 0.5) is 14.5 Å². The molecule has 0 radical (unpaired) electrons. The van der Waals surface area contributed by atoms with Crippen LogP contribution < -0.4 is 10.2 Å². The van der Waals surface area contributed by atoms with Crippen LogP contribution in [0.5, 0.6) is 0 Å². The van der Waals surface area contributed by atoms with Crippen molar-refractivity contribution < 1.29 is 23.5 Å². The highest BCUT2D eigenvalue weighted by Crippen LogP contribution is 2.30. The molecule has 2 N–H and O–H groups in total. The largest absolute Gasteiger partial charge is 0.388 e. The van der Waals surface area contributed by atoms with Gasteiger partial charge in [0.05, 0.1) is 5.60 Å². The Morgan fingerprint density at radius 3 is 2.67 bits per heavy atom. The second-order valence-electron chi connectivity index (χ2n) is 6.58. The molecular weight excluding hydrogens is 318 g/mol. The highest BCUT2D eigenvalue weighted by atomic mass is 19.2. The SMILES string of the molecule is O=C(NCC1(O)CCCC1)C1CCN(c2ccc(F)c(F)c2)C1=O. The first kappa shape index (κ1) is 16.8. The van der Waals surface area contributed by atoms with E-state index in [0.717, 1.165) is 25.0 Å². The number of anilines is 1. The Balaban J connectivity index is 1.62. The van der Waals surface area contributed by atoms with Crippen molar-refractivity contribution in [3.8, 4) is 0 Å². The summed E-state index contributed by atoms with van der Waals surface area (Å²) in [5, 5.41) is 12.9. The lowest BCUT2D eigenvalue weighted by atomic mass is 10.0. The highest BCUT2D eigenvalue weighted by Gasteiger charge is 2.39. The molecule has 2 aliphatic rings. The molecule has 130 valence electrons. The quantitative estimate of drug-likeness (QED) is 0.822. The predicted octanol–water partition coefficient (Wildman–Crippen LogP) is 1.74. The fraction of sp³-hybridized carbons (Fsp3) is 0.529. The van der Waals surface area contributed by atoms with Crippen LogP contribution in [0.3, 0.4) is 0 Å². The third-order valence-corrected chi connectivity index (χ3v) is 4.86.